The second-order valence-corrected chi connectivity index (χ2v) is 3.34. The third kappa shape index (κ3) is 2.91. The van der Waals surface area contributed by atoms with E-state index in [0.29, 0.717) is 5.92 Å². The van der Waals surface area contributed by atoms with Crippen LogP contribution in [-0.4, -0.2) is 11.6 Å². The van der Waals surface area contributed by atoms with Crippen LogP contribution < -0.4 is 4.74 Å². The van der Waals surface area contributed by atoms with E-state index >= 15 is 0 Å². The molecule has 0 atom stereocenters. The fourth-order valence-corrected chi connectivity index (χ4v) is 0.803. The molecule has 1 rings (SSSR count). The summed E-state index contributed by atoms with van der Waals surface area (Å²) in [4.78, 5) is 4.13. The van der Waals surface area contributed by atoms with Crippen molar-refractivity contribution in [1.82, 2.24) is 4.98 Å². The maximum Gasteiger partial charge on any atom is 0.137 e. The molecule has 1 aromatic heterocycles. The van der Waals surface area contributed by atoms with Gasteiger partial charge in [0.25, 0.3) is 0 Å². The highest BCUT2D eigenvalue weighted by molar-refractivity contribution is 5.18. The smallest absolute Gasteiger partial charge is 0.137 e. The van der Waals surface area contributed by atoms with Crippen LogP contribution in [0.15, 0.2) is 18.3 Å². The predicted molar refractivity (Wildman–Crippen MR) is 49.3 cm³/mol. The summed E-state index contributed by atoms with van der Waals surface area (Å²) in [5.74, 6) is 1.42. The Hall–Kier alpha value is -1.05. The first kappa shape index (κ1) is 9.04. The lowest BCUT2D eigenvalue weighted by atomic mass is 10.2. The molecule has 0 aromatic carbocycles. The summed E-state index contributed by atoms with van der Waals surface area (Å²) >= 11 is 0. The summed E-state index contributed by atoms with van der Waals surface area (Å²) in [5, 5.41) is 0. The van der Waals surface area contributed by atoms with Gasteiger partial charge in [-0.2, -0.15) is 0 Å². The van der Waals surface area contributed by atoms with Crippen LogP contribution in [0.25, 0.3) is 0 Å². The van der Waals surface area contributed by atoms with Gasteiger partial charge in [0, 0.05) is 5.69 Å². The molecule has 1 heterocycles. The molecule has 0 spiro atoms. The van der Waals surface area contributed by atoms with E-state index in [1.807, 2.05) is 19.1 Å². The molecule has 0 fully saturated rings. The minimum Gasteiger partial charge on any atom is -0.492 e. The molecule has 0 radical (unpaired) electrons. The van der Waals surface area contributed by atoms with Crippen LogP contribution in [0.3, 0.4) is 0 Å². The van der Waals surface area contributed by atoms with Gasteiger partial charge < -0.3 is 4.74 Å². The Morgan fingerprint density at radius 2 is 2.17 bits per heavy atom. The summed E-state index contributed by atoms with van der Waals surface area (Å²) in [6, 6.07) is 3.90. The van der Waals surface area contributed by atoms with Gasteiger partial charge in [-0.15, -0.1) is 0 Å². The lowest BCUT2D eigenvalue weighted by Gasteiger charge is -2.07. The number of ether oxygens (including phenoxy) is 1. The van der Waals surface area contributed by atoms with Gasteiger partial charge in [-0.3, -0.25) is 4.98 Å². The van der Waals surface area contributed by atoms with Crippen LogP contribution >= 0.6 is 0 Å². The third-order valence-corrected chi connectivity index (χ3v) is 1.47. The molecule has 0 aliphatic rings. The summed E-state index contributed by atoms with van der Waals surface area (Å²) in [6.07, 6.45) is 1.76. The minimum absolute atomic E-state index is 0.561. The number of rotatable bonds is 3. The van der Waals surface area contributed by atoms with Crippen molar-refractivity contribution in [2.45, 2.75) is 20.8 Å². The van der Waals surface area contributed by atoms with Gasteiger partial charge in [-0.25, -0.2) is 0 Å². The second kappa shape index (κ2) is 4.10. The lowest BCUT2D eigenvalue weighted by Crippen LogP contribution is -2.04. The number of pyridine rings is 1. The Bertz CT molecular complexity index is 228. The van der Waals surface area contributed by atoms with Crippen molar-refractivity contribution in [2.75, 3.05) is 6.61 Å². The Kier molecular flexibility index (Phi) is 3.09. The Morgan fingerprint density at radius 1 is 1.42 bits per heavy atom. The molecule has 0 aliphatic heterocycles. The standard InChI is InChI=1S/C10H15NO/c1-8(2)7-12-10-5-4-9(3)11-6-10/h4-6,8H,7H2,1-3H3. The molecule has 12 heavy (non-hydrogen) atoms. The number of hydrogen-bond donors (Lipinski definition) is 0. The Morgan fingerprint density at radius 3 is 2.67 bits per heavy atom. The van der Waals surface area contributed by atoms with Crippen molar-refractivity contribution in [2.24, 2.45) is 5.92 Å². The first-order valence-electron chi connectivity index (χ1n) is 4.24. The van der Waals surface area contributed by atoms with Crippen molar-refractivity contribution in [1.29, 1.82) is 0 Å². The first-order valence-corrected chi connectivity index (χ1v) is 4.24. The summed E-state index contributed by atoms with van der Waals surface area (Å²) in [7, 11) is 0. The molecule has 1 aromatic rings. The largest absolute Gasteiger partial charge is 0.492 e. The zero-order chi connectivity index (χ0) is 8.97. The van der Waals surface area contributed by atoms with Gasteiger partial charge in [0.1, 0.15) is 5.75 Å². The maximum atomic E-state index is 5.46. The van der Waals surface area contributed by atoms with Gasteiger partial charge >= 0.3 is 0 Å². The molecule has 0 amide bonds. The topological polar surface area (TPSA) is 22.1 Å². The Balaban J connectivity index is 2.48. The number of aromatic nitrogens is 1. The van der Waals surface area contributed by atoms with Gasteiger partial charge in [-0.1, -0.05) is 13.8 Å². The van der Waals surface area contributed by atoms with Gasteiger partial charge in [0.2, 0.25) is 0 Å². The van der Waals surface area contributed by atoms with Crippen LogP contribution in [0.1, 0.15) is 19.5 Å². The fraction of sp³-hybridized carbons (Fsp3) is 0.500. The highest BCUT2D eigenvalue weighted by Gasteiger charge is 1.96. The van der Waals surface area contributed by atoms with E-state index in [1.54, 1.807) is 6.20 Å². The van der Waals surface area contributed by atoms with Crippen molar-refractivity contribution >= 4 is 0 Å². The van der Waals surface area contributed by atoms with Gasteiger partial charge in [-0.05, 0) is 25.0 Å². The van der Waals surface area contributed by atoms with E-state index in [-0.39, 0.29) is 0 Å². The molecule has 0 bridgehead atoms. The number of aryl methyl sites for hydroxylation is 1. The molecule has 0 N–H and O–H groups in total. The van der Waals surface area contributed by atoms with Crippen molar-refractivity contribution < 1.29 is 4.74 Å². The summed E-state index contributed by atoms with van der Waals surface area (Å²) in [6.45, 7) is 6.97. The lowest BCUT2D eigenvalue weighted by molar-refractivity contribution is 0.270. The van der Waals surface area contributed by atoms with E-state index < -0.39 is 0 Å². The monoisotopic (exact) mass is 165 g/mol. The van der Waals surface area contributed by atoms with Crippen molar-refractivity contribution in [3.8, 4) is 5.75 Å². The molecule has 0 unspecified atom stereocenters. The summed E-state index contributed by atoms with van der Waals surface area (Å²) < 4.78 is 5.46. The van der Waals surface area contributed by atoms with E-state index in [9.17, 15) is 0 Å². The molecule has 2 nitrogen and oxygen atoms in total. The van der Waals surface area contributed by atoms with Crippen molar-refractivity contribution in [3.05, 3.63) is 24.0 Å². The predicted octanol–water partition coefficient (Wildman–Crippen LogP) is 2.42. The normalized spacial score (nSPS) is 10.3. The average Bonchev–Trinajstić information content (AvgIpc) is 2.03. The Labute approximate surface area is 73.6 Å². The summed E-state index contributed by atoms with van der Waals surface area (Å²) in [5.41, 5.74) is 1.02. The highest BCUT2D eigenvalue weighted by Crippen LogP contribution is 2.09. The molecule has 0 saturated carbocycles. The van der Waals surface area contributed by atoms with Crippen molar-refractivity contribution in [3.63, 3.8) is 0 Å². The van der Waals surface area contributed by atoms with E-state index in [1.165, 1.54) is 0 Å². The molecular formula is C10H15NO. The second-order valence-electron chi connectivity index (χ2n) is 3.34. The van der Waals surface area contributed by atoms with E-state index in [0.717, 1.165) is 18.1 Å². The van der Waals surface area contributed by atoms with Gasteiger partial charge in [0.15, 0.2) is 0 Å². The van der Waals surface area contributed by atoms with Crippen LogP contribution in [0, 0.1) is 12.8 Å². The fourth-order valence-electron chi connectivity index (χ4n) is 0.803. The van der Waals surface area contributed by atoms with Crippen LogP contribution in [0.2, 0.25) is 0 Å². The molecule has 66 valence electrons. The van der Waals surface area contributed by atoms with Crippen LogP contribution in [-0.2, 0) is 0 Å². The SMILES string of the molecule is Cc1ccc(OCC(C)C)cn1. The third-order valence-electron chi connectivity index (χ3n) is 1.47. The highest BCUT2D eigenvalue weighted by atomic mass is 16.5. The van der Waals surface area contributed by atoms with Crippen LogP contribution in [0.5, 0.6) is 5.75 Å². The first-order chi connectivity index (χ1) is 5.68. The minimum atomic E-state index is 0.561. The maximum absolute atomic E-state index is 5.46. The zero-order valence-electron chi connectivity index (χ0n) is 7.87. The molecule has 2 heteroatoms. The van der Waals surface area contributed by atoms with E-state index in [2.05, 4.69) is 18.8 Å². The zero-order valence-corrected chi connectivity index (χ0v) is 7.87. The molecular weight excluding hydrogens is 150 g/mol. The molecule has 0 saturated heterocycles. The number of hydrogen-bond acceptors (Lipinski definition) is 2. The average molecular weight is 165 g/mol. The molecule has 0 aliphatic carbocycles. The van der Waals surface area contributed by atoms with Crippen LogP contribution in [0.4, 0.5) is 0 Å². The van der Waals surface area contributed by atoms with E-state index in [4.69, 9.17) is 4.74 Å². The quantitative estimate of drug-likeness (QED) is 0.686. The van der Waals surface area contributed by atoms with Gasteiger partial charge in [0.05, 0.1) is 12.8 Å². The number of nitrogens with zero attached hydrogens (tertiary/aromatic N) is 1.